The van der Waals surface area contributed by atoms with Crippen molar-refractivity contribution in [3.05, 3.63) is 64.5 Å². The molecule has 3 atom stereocenters. The van der Waals surface area contributed by atoms with Crippen molar-refractivity contribution in [2.45, 2.75) is 50.7 Å². The third-order valence-electron chi connectivity index (χ3n) is 8.40. The van der Waals surface area contributed by atoms with E-state index in [2.05, 4.69) is 4.90 Å². The Hall–Kier alpha value is -3.36. The summed E-state index contributed by atoms with van der Waals surface area (Å²) in [6, 6.07) is 3.74. The van der Waals surface area contributed by atoms with E-state index in [1.165, 1.54) is 6.42 Å². The first kappa shape index (κ1) is 23.1. The molecule has 1 saturated heterocycles. The number of phenolic OH excluding ortho intramolecular Hbond substituents is 1. The summed E-state index contributed by atoms with van der Waals surface area (Å²) in [7, 11) is 0. The van der Waals surface area contributed by atoms with Crippen molar-refractivity contribution in [1.82, 2.24) is 4.90 Å². The van der Waals surface area contributed by atoms with Crippen molar-refractivity contribution in [3.63, 3.8) is 0 Å². The number of furan rings is 1. The van der Waals surface area contributed by atoms with Gasteiger partial charge in [0.15, 0.2) is 17.2 Å². The number of aliphatic hydroxyl groups is 3. The van der Waals surface area contributed by atoms with Crippen molar-refractivity contribution in [2.24, 2.45) is 11.8 Å². The molecule has 1 aliphatic heterocycles. The molecular formula is C28H29NO7. The highest BCUT2D eigenvalue weighted by atomic mass is 16.3. The molecule has 0 unspecified atom stereocenters. The summed E-state index contributed by atoms with van der Waals surface area (Å²) in [5, 5.41) is 43.8. The summed E-state index contributed by atoms with van der Waals surface area (Å²) in [6.07, 6.45) is 8.03. The molecule has 0 saturated carbocycles. The Kier molecular flexibility index (Phi) is 5.35. The monoisotopic (exact) mass is 491 g/mol. The highest BCUT2D eigenvalue weighted by Gasteiger charge is 2.57. The minimum Gasteiger partial charge on any atom is -0.512 e. The van der Waals surface area contributed by atoms with Crippen LogP contribution in [0.2, 0.25) is 0 Å². The second-order valence-electron chi connectivity index (χ2n) is 10.5. The smallest absolute Gasteiger partial charge is 0.198 e. The molecule has 3 aliphatic carbocycles. The first-order valence-electron chi connectivity index (χ1n) is 12.6. The van der Waals surface area contributed by atoms with Crippen molar-refractivity contribution in [3.8, 4) is 16.9 Å². The number of hydrogen-bond acceptors (Lipinski definition) is 8. The van der Waals surface area contributed by atoms with Gasteiger partial charge in [-0.05, 0) is 68.0 Å². The topological polar surface area (TPSA) is 131 Å². The number of likely N-dealkylation sites (tertiary alicyclic amines) is 1. The molecule has 4 N–H and O–H groups in total. The molecule has 4 aliphatic rings. The minimum absolute atomic E-state index is 0.0204. The normalized spacial score (nSPS) is 28.4. The Balaban J connectivity index is 1.51. The van der Waals surface area contributed by atoms with Gasteiger partial charge >= 0.3 is 0 Å². The van der Waals surface area contributed by atoms with E-state index in [1.54, 1.807) is 12.5 Å². The molecule has 1 fully saturated rings. The zero-order valence-electron chi connectivity index (χ0n) is 19.9. The fourth-order valence-corrected chi connectivity index (χ4v) is 6.58. The van der Waals surface area contributed by atoms with Crippen LogP contribution in [0.15, 0.2) is 52.2 Å². The number of carbonyl (C=O) groups excluding carboxylic acids is 2. The van der Waals surface area contributed by atoms with E-state index < -0.39 is 34.8 Å². The van der Waals surface area contributed by atoms with Crippen molar-refractivity contribution < 1.29 is 34.4 Å². The maximum absolute atomic E-state index is 13.9. The van der Waals surface area contributed by atoms with E-state index in [-0.39, 0.29) is 35.5 Å². The summed E-state index contributed by atoms with van der Waals surface area (Å²) in [6.45, 7) is 2.31. The van der Waals surface area contributed by atoms with Crippen LogP contribution in [0.5, 0.6) is 5.75 Å². The van der Waals surface area contributed by atoms with Crippen LogP contribution >= 0.6 is 0 Å². The average molecular weight is 492 g/mol. The standard InChI is InChI=1S/C28H29NO7/c30-19-11-18-8-16-9-21-20(15-4-7-36-14-15)10-17(13-29-5-2-1-3-6-29)25(32)24(21)26(33)23(16)27(34)28(18,35)22(31)12-19/h4,7,10,12,14,16,18,30,32,34-35H,1-3,5-6,8-9,11,13H2/t16-,18+,28-/m1/s1. The Morgan fingerprint density at radius 1 is 1.08 bits per heavy atom. The lowest BCUT2D eigenvalue weighted by Crippen LogP contribution is -2.54. The van der Waals surface area contributed by atoms with Crippen LogP contribution in [0.1, 0.15) is 53.6 Å². The number of allylic oxidation sites excluding steroid dienone is 2. The van der Waals surface area contributed by atoms with E-state index in [4.69, 9.17) is 4.42 Å². The predicted molar refractivity (Wildman–Crippen MR) is 130 cm³/mol. The third-order valence-corrected chi connectivity index (χ3v) is 8.40. The van der Waals surface area contributed by atoms with Crippen LogP contribution in [-0.4, -0.2) is 55.6 Å². The predicted octanol–water partition coefficient (Wildman–Crippen LogP) is 3.97. The fraction of sp³-hybridized carbons (Fsp3) is 0.429. The number of aromatic hydroxyl groups is 1. The lowest BCUT2D eigenvalue weighted by atomic mass is 9.61. The number of phenols is 1. The van der Waals surface area contributed by atoms with Crippen molar-refractivity contribution >= 4 is 11.6 Å². The highest BCUT2D eigenvalue weighted by molar-refractivity contribution is 6.16. The first-order chi connectivity index (χ1) is 17.3. The molecule has 188 valence electrons. The average Bonchev–Trinajstić information content (AvgIpc) is 3.38. The van der Waals surface area contributed by atoms with Crippen LogP contribution in [-0.2, 0) is 17.8 Å². The van der Waals surface area contributed by atoms with Gasteiger partial charge < -0.3 is 24.8 Å². The molecular weight excluding hydrogens is 462 g/mol. The van der Waals surface area contributed by atoms with Crippen LogP contribution in [0, 0.1) is 11.8 Å². The quantitative estimate of drug-likeness (QED) is 0.507. The highest BCUT2D eigenvalue weighted by Crippen LogP contribution is 2.52. The molecule has 8 nitrogen and oxygen atoms in total. The van der Waals surface area contributed by atoms with Gasteiger partial charge in [-0.2, -0.15) is 0 Å². The summed E-state index contributed by atoms with van der Waals surface area (Å²) in [5.74, 6) is -3.53. The molecule has 6 rings (SSSR count). The molecule has 0 radical (unpaired) electrons. The lowest BCUT2D eigenvalue weighted by molar-refractivity contribution is -0.141. The molecule has 1 aromatic carbocycles. The van der Waals surface area contributed by atoms with Crippen molar-refractivity contribution in [2.75, 3.05) is 13.1 Å². The summed E-state index contributed by atoms with van der Waals surface area (Å²) < 4.78 is 5.33. The number of piperidine rings is 1. The van der Waals surface area contributed by atoms with Gasteiger partial charge in [0.2, 0.25) is 0 Å². The van der Waals surface area contributed by atoms with E-state index in [0.29, 0.717) is 24.1 Å². The lowest BCUT2D eigenvalue weighted by Gasteiger charge is -2.45. The number of carbonyl (C=O) groups is 2. The number of nitrogens with zero attached hydrogens (tertiary/aromatic N) is 1. The molecule has 0 bridgehead atoms. The Bertz CT molecular complexity index is 1320. The van der Waals surface area contributed by atoms with E-state index in [1.807, 2.05) is 12.1 Å². The number of aliphatic hydroxyl groups excluding tert-OH is 2. The van der Waals surface area contributed by atoms with Gasteiger partial charge in [0.05, 0.1) is 23.8 Å². The SMILES string of the molecule is O=C1C2=C(O)[C@]3(O)C(=O)C=C(O)C[C@@H]3C[C@@H]2Cc2c(-c3ccoc3)cc(CN3CCCCC3)c(O)c21. The van der Waals surface area contributed by atoms with E-state index in [9.17, 15) is 30.0 Å². The fourth-order valence-electron chi connectivity index (χ4n) is 6.58. The van der Waals surface area contributed by atoms with Crippen LogP contribution in [0.3, 0.4) is 0 Å². The van der Waals surface area contributed by atoms with Gasteiger partial charge in [-0.1, -0.05) is 6.42 Å². The minimum atomic E-state index is -2.25. The third kappa shape index (κ3) is 3.35. The Labute approximate surface area is 208 Å². The largest absolute Gasteiger partial charge is 0.512 e. The molecule has 36 heavy (non-hydrogen) atoms. The van der Waals surface area contributed by atoms with Gasteiger partial charge in [0.1, 0.15) is 11.5 Å². The maximum atomic E-state index is 13.9. The van der Waals surface area contributed by atoms with Gasteiger partial charge in [-0.3, -0.25) is 14.5 Å². The summed E-state index contributed by atoms with van der Waals surface area (Å²) >= 11 is 0. The van der Waals surface area contributed by atoms with Gasteiger partial charge in [0.25, 0.3) is 0 Å². The molecule has 2 aromatic rings. The van der Waals surface area contributed by atoms with E-state index in [0.717, 1.165) is 43.1 Å². The number of rotatable bonds is 3. The molecule has 0 amide bonds. The van der Waals surface area contributed by atoms with Gasteiger partial charge in [-0.25, -0.2) is 0 Å². The Morgan fingerprint density at radius 2 is 1.86 bits per heavy atom. The number of hydrogen-bond donors (Lipinski definition) is 4. The Morgan fingerprint density at radius 3 is 2.58 bits per heavy atom. The van der Waals surface area contributed by atoms with Gasteiger partial charge in [-0.15, -0.1) is 0 Å². The molecule has 0 spiro atoms. The zero-order chi connectivity index (χ0) is 25.2. The summed E-state index contributed by atoms with van der Waals surface area (Å²) in [4.78, 5) is 28.9. The van der Waals surface area contributed by atoms with Gasteiger partial charge in [0, 0.05) is 41.7 Å². The maximum Gasteiger partial charge on any atom is 0.198 e. The first-order valence-corrected chi connectivity index (χ1v) is 12.6. The van der Waals surface area contributed by atoms with Crippen LogP contribution < -0.4 is 0 Å². The number of ketones is 2. The van der Waals surface area contributed by atoms with Crippen LogP contribution in [0.25, 0.3) is 11.1 Å². The molecule has 8 heteroatoms. The second kappa shape index (κ2) is 8.35. The second-order valence-corrected chi connectivity index (χ2v) is 10.5. The van der Waals surface area contributed by atoms with Crippen molar-refractivity contribution in [1.29, 1.82) is 0 Å². The number of Topliss-reactive ketones (excluding diaryl/α,β-unsaturated/α-hetero) is 1. The zero-order valence-corrected chi connectivity index (χ0v) is 19.9. The number of fused-ring (bicyclic) bond motifs is 3. The molecule has 2 heterocycles. The van der Waals surface area contributed by atoms with E-state index >= 15 is 0 Å². The number of benzene rings is 1. The molecule has 1 aromatic heterocycles. The summed E-state index contributed by atoms with van der Waals surface area (Å²) in [5.41, 5.74) is 0.702. The van der Waals surface area contributed by atoms with Crippen LogP contribution in [0.4, 0.5) is 0 Å².